The normalized spacial score (nSPS) is 10.9. The third-order valence-corrected chi connectivity index (χ3v) is 4.02. The number of nitrogens with zero attached hydrogens (tertiary/aromatic N) is 2. The Kier molecular flexibility index (Phi) is 5.43. The molecule has 0 radical (unpaired) electrons. The van der Waals surface area contributed by atoms with E-state index in [-0.39, 0.29) is 5.69 Å². The number of H-pyrrole nitrogens is 1. The summed E-state index contributed by atoms with van der Waals surface area (Å²) in [5.41, 5.74) is 1.08. The van der Waals surface area contributed by atoms with E-state index < -0.39 is 0 Å². The van der Waals surface area contributed by atoms with Gasteiger partial charge in [0.15, 0.2) is 5.16 Å². The van der Waals surface area contributed by atoms with Crippen molar-refractivity contribution < 1.29 is 0 Å². The fourth-order valence-electron chi connectivity index (χ4n) is 1.91. The lowest BCUT2D eigenvalue weighted by atomic mass is 10.2. The summed E-state index contributed by atoms with van der Waals surface area (Å²) in [4.78, 5) is 12.8. The molecule has 0 saturated heterocycles. The Bertz CT molecular complexity index is 605. The number of nitrogens with one attached hydrogen (secondary N) is 2. The molecule has 6 heteroatoms. The number of aromatic amines is 1. The molecule has 108 valence electrons. The molecule has 0 spiro atoms. The molecule has 1 aromatic carbocycles. The third-order valence-electron chi connectivity index (χ3n) is 2.91. The van der Waals surface area contributed by atoms with Gasteiger partial charge in [-0.25, -0.2) is 9.89 Å². The highest BCUT2D eigenvalue weighted by atomic mass is 32.2. The van der Waals surface area contributed by atoms with Crippen molar-refractivity contribution in [2.45, 2.75) is 43.4 Å². The standard InChI is InChI=1S/C14H20N4OS/c1-3-9-18-13(19)16-17-14(18)20-12-8-6-5-7-11(12)10-15-4-2/h5-8,15H,3-4,9-10H2,1-2H3,(H,16,19). The van der Waals surface area contributed by atoms with Crippen LogP contribution in [0.4, 0.5) is 0 Å². The minimum Gasteiger partial charge on any atom is -0.313 e. The number of rotatable bonds is 7. The van der Waals surface area contributed by atoms with E-state index in [0.717, 1.165) is 29.6 Å². The zero-order chi connectivity index (χ0) is 14.4. The van der Waals surface area contributed by atoms with Gasteiger partial charge in [-0.3, -0.25) is 4.57 Å². The van der Waals surface area contributed by atoms with Crippen molar-refractivity contribution in [3.05, 3.63) is 40.3 Å². The van der Waals surface area contributed by atoms with Gasteiger partial charge in [-0.1, -0.05) is 32.0 Å². The summed E-state index contributed by atoms with van der Waals surface area (Å²) in [6, 6.07) is 8.19. The summed E-state index contributed by atoms with van der Waals surface area (Å²) in [7, 11) is 0. The second-order valence-electron chi connectivity index (χ2n) is 4.45. The summed E-state index contributed by atoms with van der Waals surface area (Å²) >= 11 is 1.53. The smallest absolute Gasteiger partial charge is 0.313 e. The first-order chi connectivity index (χ1) is 9.76. The maximum Gasteiger partial charge on any atom is 0.343 e. The van der Waals surface area contributed by atoms with E-state index in [1.54, 1.807) is 4.57 Å². The van der Waals surface area contributed by atoms with Gasteiger partial charge < -0.3 is 5.32 Å². The summed E-state index contributed by atoms with van der Waals surface area (Å²) < 4.78 is 1.69. The van der Waals surface area contributed by atoms with Gasteiger partial charge in [-0.15, -0.1) is 5.10 Å². The average Bonchev–Trinajstić information content (AvgIpc) is 2.80. The Morgan fingerprint density at radius 1 is 1.35 bits per heavy atom. The highest BCUT2D eigenvalue weighted by Gasteiger charge is 2.11. The molecular formula is C14H20N4OS. The van der Waals surface area contributed by atoms with Gasteiger partial charge in [0.05, 0.1) is 0 Å². The molecule has 0 aliphatic heterocycles. The number of hydrogen-bond donors (Lipinski definition) is 2. The zero-order valence-electron chi connectivity index (χ0n) is 11.8. The predicted octanol–water partition coefficient (Wildman–Crippen LogP) is 2.24. The minimum absolute atomic E-state index is 0.140. The van der Waals surface area contributed by atoms with E-state index in [1.807, 2.05) is 19.1 Å². The van der Waals surface area contributed by atoms with Crippen LogP contribution < -0.4 is 11.0 Å². The van der Waals surface area contributed by atoms with Crippen molar-refractivity contribution in [1.82, 2.24) is 20.1 Å². The van der Waals surface area contributed by atoms with Gasteiger partial charge in [0, 0.05) is 18.0 Å². The van der Waals surface area contributed by atoms with Crippen LogP contribution in [0.15, 0.2) is 39.1 Å². The molecule has 0 amide bonds. The quantitative estimate of drug-likeness (QED) is 0.821. The average molecular weight is 292 g/mol. The number of aromatic nitrogens is 3. The molecule has 0 bridgehead atoms. The van der Waals surface area contributed by atoms with Gasteiger partial charge in [-0.2, -0.15) is 0 Å². The first kappa shape index (κ1) is 14.9. The lowest BCUT2D eigenvalue weighted by molar-refractivity contribution is 0.603. The van der Waals surface area contributed by atoms with Crippen molar-refractivity contribution in [1.29, 1.82) is 0 Å². The molecule has 0 aliphatic rings. The number of hydrogen-bond acceptors (Lipinski definition) is 4. The van der Waals surface area contributed by atoms with Gasteiger partial charge in [0.25, 0.3) is 0 Å². The maximum absolute atomic E-state index is 11.7. The number of benzene rings is 1. The summed E-state index contributed by atoms with van der Waals surface area (Å²) in [6.07, 6.45) is 0.909. The molecule has 0 saturated carbocycles. The van der Waals surface area contributed by atoms with Crippen molar-refractivity contribution >= 4 is 11.8 Å². The molecule has 0 atom stereocenters. The molecule has 2 N–H and O–H groups in total. The van der Waals surface area contributed by atoms with Gasteiger partial charge in [0.1, 0.15) is 0 Å². The van der Waals surface area contributed by atoms with Crippen LogP contribution >= 0.6 is 11.8 Å². The van der Waals surface area contributed by atoms with E-state index in [0.29, 0.717) is 6.54 Å². The van der Waals surface area contributed by atoms with Gasteiger partial charge >= 0.3 is 5.69 Å². The predicted molar refractivity (Wildman–Crippen MR) is 81.1 cm³/mol. The topological polar surface area (TPSA) is 62.7 Å². The Balaban J connectivity index is 2.23. The molecule has 0 unspecified atom stereocenters. The Morgan fingerprint density at radius 3 is 2.90 bits per heavy atom. The molecule has 1 aromatic heterocycles. The van der Waals surface area contributed by atoms with Gasteiger partial charge in [-0.05, 0) is 36.4 Å². The molecule has 2 aromatic rings. The summed E-state index contributed by atoms with van der Waals surface area (Å²) in [5.74, 6) is 0. The molecule has 20 heavy (non-hydrogen) atoms. The van der Waals surface area contributed by atoms with E-state index in [4.69, 9.17) is 0 Å². The van der Waals surface area contributed by atoms with Crippen LogP contribution in [0, 0.1) is 0 Å². The molecule has 0 fully saturated rings. The molecular weight excluding hydrogens is 272 g/mol. The first-order valence-corrected chi connectivity index (χ1v) is 7.69. The Labute approximate surface area is 122 Å². The van der Waals surface area contributed by atoms with Crippen LogP contribution in [0.25, 0.3) is 0 Å². The highest BCUT2D eigenvalue weighted by Crippen LogP contribution is 2.28. The first-order valence-electron chi connectivity index (χ1n) is 6.88. The van der Waals surface area contributed by atoms with Crippen LogP contribution in [0.3, 0.4) is 0 Å². The third kappa shape index (κ3) is 3.52. The minimum atomic E-state index is -0.140. The van der Waals surface area contributed by atoms with Crippen molar-refractivity contribution in [3.8, 4) is 0 Å². The van der Waals surface area contributed by atoms with Crippen molar-refractivity contribution in [2.24, 2.45) is 0 Å². The van der Waals surface area contributed by atoms with Crippen LogP contribution in [0.1, 0.15) is 25.8 Å². The van der Waals surface area contributed by atoms with E-state index in [2.05, 4.69) is 34.6 Å². The lowest BCUT2D eigenvalue weighted by Crippen LogP contribution is -2.17. The largest absolute Gasteiger partial charge is 0.343 e. The van der Waals surface area contributed by atoms with E-state index >= 15 is 0 Å². The van der Waals surface area contributed by atoms with E-state index in [9.17, 15) is 4.79 Å². The zero-order valence-corrected chi connectivity index (χ0v) is 12.7. The fraction of sp³-hybridized carbons (Fsp3) is 0.429. The van der Waals surface area contributed by atoms with Crippen LogP contribution in [0.2, 0.25) is 0 Å². The van der Waals surface area contributed by atoms with Crippen LogP contribution in [0.5, 0.6) is 0 Å². The lowest BCUT2D eigenvalue weighted by Gasteiger charge is -2.09. The highest BCUT2D eigenvalue weighted by molar-refractivity contribution is 7.99. The van der Waals surface area contributed by atoms with Crippen molar-refractivity contribution in [2.75, 3.05) is 6.54 Å². The van der Waals surface area contributed by atoms with Crippen LogP contribution in [-0.2, 0) is 13.1 Å². The van der Waals surface area contributed by atoms with E-state index in [1.165, 1.54) is 17.3 Å². The molecule has 1 heterocycles. The van der Waals surface area contributed by atoms with Crippen LogP contribution in [-0.4, -0.2) is 21.3 Å². The van der Waals surface area contributed by atoms with Crippen molar-refractivity contribution in [3.63, 3.8) is 0 Å². The Hall–Kier alpha value is -1.53. The summed E-state index contributed by atoms with van der Waals surface area (Å²) in [6.45, 7) is 6.58. The molecule has 2 rings (SSSR count). The molecule has 5 nitrogen and oxygen atoms in total. The Morgan fingerprint density at radius 2 is 2.15 bits per heavy atom. The monoisotopic (exact) mass is 292 g/mol. The fourth-order valence-corrected chi connectivity index (χ4v) is 2.90. The molecule has 0 aliphatic carbocycles. The second kappa shape index (κ2) is 7.31. The van der Waals surface area contributed by atoms with Gasteiger partial charge in [0.2, 0.25) is 0 Å². The maximum atomic E-state index is 11.7. The SMILES string of the molecule is CCCn1c(Sc2ccccc2CNCC)n[nH]c1=O. The summed E-state index contributed by atoms with van der Waals surface area (Å²) in [5, 5.41) is 10.7. The second-order valence-corrected chi connectivity index (χ2v) is 5.46.